The fourth-order valence-corrected chi connectivity index (χ4v) is 4.77. The number of hydrogen-bond acceptors (Lipinski definition) is 4. The van der Waals surface area contributed by atoms with Crippen molar-refractivity contribution in [3.05, 3.63) is 79.0 Å². The van der Waals surface area contributed by atoms with Crippen molar-refractivity contribution in [3.8, 4) is 11.1 Å². The largest absolute Gasteiger partial charge is 0.324 e. The van der Waals surface area contributed by atoms with E-state index in [4.69, 9.17) is 0 Å². The topological polar surface area (TPSA) is 64.0 Å². The molecule has 0 atom stereocenters. The highest BCUT2D eigenvalue weighted by atomic mass is 79.9. The van der Waals surface area contributed by atoms with Crippen LogP contribution < -0.4 is 10.9 Å². The van der Waals surface area contributed by atoms with E-state index < -0.39 is 0 Å². The van der Waals surface area contributed by atoms with E-state index in [1.807, 2.05) is 49.4 Å². The number of nitrogens with zero attached hydrogens (tertiary/aromatic N) is 2. The molecular weight excluding hydrogens is 518 g/mol. The number of halogens is 2. The first kappa shape index (κ1) is 20.0. The molecule has 0 fully saturated rings. The Hall–Kier alpha value is -2.29. The number of para-hydroxylation sites is 1. The van der Waals surface area contributed by atoms with Gasteiger partial charge in [0, 0.05) is 19.4 Å². The summed E-state index contributed by atoms with van der Waals surface area (Å²) in [6.45, 7) is 1.87. The summed E-state index contributed by atoms with van der Waals surface area (Å²) in [5.74, 6) is -0.294. The predicted octanol–water partition coefficient (Wildman–Crippen LogP) is 5.60. The summed E-state index contributed by atoms with van der Waals surface area (Å²) >= 11 is 8.32. The molecule has 0 bridgehead atoms. The molecule has 4 aromatic rings. The Labute approximate surface area is 187 Å². The van der Waals surface area contributed by atoms with Gasteiger partial charge in [-0.3, -0.25) is 14.2 Å². The lowest BCUT2D eigenvalue weighted by Gasteiger charge is -2.09. The highest BCUT2D eigenvalue weighted by molar-refractivity contribution is 9.10. The number of thiophene rings is 1. The normalized spacial score (nSPS) is 11.0. The van der Waals surface area contributed by atoms with Crippen molar-refractivity contribution < 1.29 is 4.79 Å². The van der Waals surface area contributed by atoms with Crippen LogP contribution in [-0.2, 0) is 11.3 Å². The summed E-state index contributed by atoms with van der Waals surface area (Å²) in [5.41, 5.74) is 2.25. The third kappa shape index (κ3) is 4.05. The van der Waals surface area contributed by atoms with Crippen LogP contribution in [0.3, 0.4) is 0 Å². The van der Waals surface area contributed by atoms with Gasteiger partial charge in [0.25, 0.3) is 5.56 Å². The van der Waals surface area contributed by atoms with E-state index in [0.717, 1.165) is 24.9 Å². The van der Waals surface area contributed by atoms with Crippen molar-refractivity contribution in [3.63, 3.8) is 0 Å². The van der Waals surface area contributed by atoms with Crippen LogP contribution in [-0.4, -0.2) is 15.5 Å². The van der Waals surface area contributed by atoms with Crippen molar-refractivity contribution in [1.29, 1.82) is 0 Å². The maximum Gasteiger partial charge on any atom is 0.263 e. The maximum absolute atomic E-state index is 13.2. The number of carbonyl (C=O) groups excluding carboxylic acids is 1. The molecule has 4 rings (SSSR count). The second-order valence-corrected chi connectivity index (χ2v) is 9.40. The van der Waals surface area contributed by atoms with Crippen LogP contribution in [0.4, 0.5) is 5.69 Å². The van der Waals surface area contributed by atoms with Gasteiger partial charge in [0.15, 0.2) is 0 Å². The Bertz CT molecular complexity index is 1280. The number of amides is 1. The van der Waals surface area contributed by atoms with Crippen LogP contribution >= 0.6 is 43.2 Å². The van der Waals surface area contributed by atoms with E-state index in [2.05, 4.69) is 42.2 Å². The van der Waals surface area contributed by atoms with Crippen molar-refractivity contribution >= 4 is 65.0 Å². The van der Waals surface area contributed by atoms with Gasteiger partial charge in [-0.05, 0) is 52.7 Å². The average molecular weight is 533 g/mol. The van der Waals surface area contributed by atoms with Crippen LogP contribution in [0, 0.1) is 6.92 Å². The molecule has 2 heterocycles. The number of fused-ring (bicyclic) bond motifs is 1. The maximum atomic E-state index is 13.2. The van der Waals surface area contributed by atoms with Gasteiger partial charge >= 0.3 is 0 Å². The summed E-state index contributed by atoms with van der Waals surface area (Å²) in [6.07, 6.45) is 1.44. The molecule has 8 heteroatoms. The molecular formula is C21H15Br2N3O2S. The van der Waals surface area contributed by atoms with Gasteiger partial charge in [0.05, 0.1) is 17.4 Å². The predicted molar refractivity (Wildman–Crippen MR) is 125 cm³/mol. The Morgan fingerprint density at radius 2 is 1.86 bits per heavy atom. The first-order valence-electron chi connectivity index (χ1n) is 8.73. The summed E-state index contributed by atoms with van der Waals surface area (Å²) in [4.78, 5) is 31.8. The fraction of sp³-hybridized carbons (Fsp3) is 0.0952. The highest BCUT2D eigenvalue weighted by Crippen LogP contribution is 2.35. The molecule has 146 valence electrons. The molecule has 0 unspecified atom stereocenters. The highest BCUT2D eigenvalue weighted by Gasteiger charge is 2.18. The SMILES string of the molecule is Cc1sc2ncn(CC(=O)Nc3ccccc3Br)c(=O)c2c1-c1ccc(Br)cc1. The number of carbonyl (C=O) groups is 1. The Morgan fingerprint density at radius 3 is 2.59 bits per heavy atom. The minimum atomic E-state index is -0.294. The third-order valence-electron chi connectivity index (χ3n) is 4.45. The molecule has 1 N–H and O–H groups in total. The second kappa shape index (κ2) is 8.22. The van der Waals surface area contributed by atoms with Crippen molar-refractivity contribution in [2.45, 2.75) is 13.5 Å². The lowest BCUT2D eigenvalue weighted by atomic mass is 10.0. The van der Waals surface area contributed by atoms with E-state index >= 15 is 0 Å². The molecule has 0 aliphatic heterocycles. The summed E-state index contributed by atoms with van der Waals surface area (Å²) in [6, 6.07) is 15.2. The van der Waals surface area contributed by atoms with E-state index in [1.165, 1.54) is 22.2 Å². The monoisotopic (exact) mass is 531 g/mol. The number of aromatic nitrogens is 2. The van der Waals surface area contributed by atoms with Gasteiger partial charge in [-0.2, -0.15) is 0 Å². The summed E-state index contributed by atoms with van der Waals surface area (Å²) in [5, 5.41) is 3.36. The summed E-state index contributed by atoms with van der Waals surface area (Å²) in [7, 11) is 0. The van der Waals surface area contributed by atoms with Crippen LogP contribution in [0.15, 0.2) is 68.6 Å². The number of nitrogens with one attached hydrogen (secondary N) is 1. The fourth-order valence-electron chi connectivity index (χ4n) is 3.12. The van der Waals surface area contributed by atoms with Gasteiger partial charge in [0.1, 0.15) is 11.4 Å². The zero-order chi connectivity index (χ0) is 20.5. The minimum absolute atomic E-state index is 0.113. The quantitative estimate of drug-likeness (QED) is 0.372. The lowest BCUT2D eigenvalue weighted by molar-refractivity contribution is -0.116. The Morgan fingerprint density at radius 1 is 1.14 bits per heavy atom. The molecule has 1 amide bonds. The summed E-state index contributed by atoms with van der Waals surface area (Å²) < 4.78 is 3.10. The van der Waals surface area contributed by atoms with Gasteiger partial charge in [0.2, 0.25) is 5.91 Å². The molecule has 2 aromatic carbocycles. The van der Waals surface area contributed by atoms with E-state index in [1.54, 1.807) is 6.07 Å². The second-order valence-electron chi connectivity index (χ2n) is 6.43. The number of anilines is 1. The van der Waals surface area contributed by atoms with Crippen molar-refractivity contribution in [2.75, 3.05) is 5.32 Å². The van der Waals surface area contributed by atoms with Crippen molar-refractivity contribution in [2.24, 2.45) is 0 Å². The molecule has 0 radical (unpaired) electrons. The first-order chi connectivity index (χ1) is 13.9. The molecule has 0 spiro atoms. The zero-order valence-corrected chi connectivity index (χ0v) is 19.3. The molecule has 0 saturated heterocycles. The van der Waals surface area contributed by atoms with Gasteiger partial charge in [-0.25, -0.2) is 4.98 Å². The van der Waals surface area contributed by atoms with E-state index in [9.17, 15) is 9.59 Å². The first-order valence-corrected chi connectivity index (χ1v) is 11.1. The van der Waals surface area contributed by atoms with Crippen LogP contribution in [0.1, 0.15) is 4.88 Å². The number of rotatable bonds is 4. The zero-order valence-electron chi connectivity index (χ0n) is 15.3. The lowest BCUT2D eigenvalue weighted by Crippen LogP contribution is -2.27. The van der Waals surface area contributed by atoms with Crippen molar-refractivity contribution in [1.82, 2.24) is 9.55 Å². The third-order valence-corrected chi connectivity index (χ3v) is 6.68. The Balaban J connectivity index is 1.71. The molecule has 0 aliphatic rings. The minimum Gasteiger partial charge on any atom is -0.324 e. The van der Waals surface area contributed by atoms with Gasteiger partial charge in [-0.1, -0.05) is 40.2 Å². The number of aryl methyl sites for hydroxylation is 1. The molecule has 2 aromatic heterocycles. The molecule has 0 saturated carbocycles. The van der Waals surface area contributed by atoms with Gasteiger partial charge < -0.3 is 5.32 Å². The number of benzene rings is 2. The van der Waals surface area contributed by atoms with Crippen LogP contribution in [0.2, 0.25) is 0 Å². The van der Waals surface area contributed by atoms with E-state index in [0.29, 0.717) is 15.9 Å². The van der Waals surface area contributed by atoms with Gasteiger partial charge in [-0.15, -0.1) is 11.3 Å². The van der Waals surface area contributed by atoms with E-state index in [-0.39, 0.29) is 18.0 Å². The molecule has 0 aliphatic carbocycles. The molecule has 5 nitrogen and oxygen atoms in total. The Kier molecular flexibility index (Phi) is 5.67. The molecule has 29 heavy (non-hydrogen) atoms. The smallest absolute Gasteiger partial charge is 0.263 e. The van der Waals surface area contributed by atoms with Crippen LogP contribution in [0.5, 0.6) is 0 Å². The number of hydrogen-bond donors (Lipinski definition) is 1. The van der Waals surface area contributed by atoms with Crippen LogP contribution in [0.25, 0.3) is 21.3 Å². The average Bonchev–Trinajstić information content (AvgIpc) is 3.03. The standard InChI is InChI=1S/C21H15Br2N3O2S/c1-12-18(13-6-8-14(22)9-7-13)19-20(29-12)24-11-26(21(19)28)10-17(27)25-16-5-3-2-4-15(16)23/h2-9,11H,10H2,1H3,(H,25,27).